The van der Waals surface area contributed by atoms with Gasteiger partial charge >= 0.3 is 71.2 Å². The molecule has 17 heavy (non-hydrogen) atoms. The predicted octanol–water partition coefficient (Wildman–Crippen LogP) is 0.330. The van der Waals surface area contributed by atoms with Crippen molar-refractivity contribution in [2.24, 2.45) is 22.9 Å². The molecule has 0 aliphatic carbocycles. The van der Waals surface area contributed by atoms with E-state index in [9.17, 15) is 17.6 Å². The summed E-state index contributed by atoms with van der Waals surface area (Å²) in [7, 11) is 10.5. The van der Waals surface area contributed by atoms with Crippen LogP contribution in [0.3, 0.4) is 0 Å². The Labute approximate surface area is 110 Å². The second kappa shape index (κ2) is 8.85. The van der Waals surface area contributed by atoms with Crippen LogP contribution in [0.15, 0.2) is 0 Å². The summed E-state index contributed by atoms with van der Waals surface area (Å²) in [6, 6.07) is 0. The van der Waals surface area contributed by atoms with Crippen molar-refractivity contribution in [3.63, 3.8) is 0 Å². The monoisotopic (exact) mass is 484 g/mol. The van der Waals surface area contributed by atoms with Crippen molar-refractivity contribution in [2.75, 3.05) is 19.6 Å². The Morgan fingerprint density at radius 1 is 0.941 bits per heavy atom. The van der Waals surface area contributed by atoms with E-state index in [1.165, 1.54) is 0 Å². The number of rotatable bonds is 5. The van der Waals surface area contributed by atoms with Crippen molar-refractivity contribution in [1.82, 2.24) is 0 Å². The van der Waals surface area contributed by atoms with Crippen LogP contribution in [0, 0.1) is 0 Å². The van der Waals surface area contributed by atoms with E-state index in [4.69, 9.17) is 30.3 Å². The van der Waals surface area contributed by atoms with Crippen molar-refractivity contribution in [1.29, 1.82) is 0 Å². The molecule has 0 aromatic rings. The van der Waals surface area contributed by atoms with E-state index < -0.39 is 51.1 Å². The molecule has 0 heterocycles. The van der Waals surface area contributed by atoms with Gasteiger partial charge in [0.2, 0.25) is 0 Å². The molecular weight excluding hydrogens is 470 g/mol. The molecule has 0 aromatic carbocycles. The first kappa shape index (κ1) is 20.2. The van der Waals surface area contributed by atoms with Crippen LogP contribution in [-0.4, -0.2) is 35.9 Å². The molecule has 0 saturated heterocycles. The molecule has 4 nitrogen and oxygen atoms in total. The van der Waals surface area contributed by atoms with Gasteiger partial charge < -0.3 is 11.5 Å². The normalized spacial score (nSPS) is 14.8. The Bertz CT molecular complexity index is 204. The minimum absolute atomic E-state index is 0.663. The summed E-state index contributed by atoms with van der Waals surface area (Å²) < 4.78 is 46.7. The quantitative estimate of drug-likeness (QED) is 0.422. The van der Waals surface area contributed by atoms with Gasteiger partial charge in [0.15, 0.2) is 0 Å². The fourth-order valence-electron chi connectivity index (χ4n) is 0.290. The fourth-order valence-corrected chi connectivity index (χ4v) is 2.94. The molecule has 0 aliphatic rings. The zero-order valence-corrected chi connectivity index (χ0v) is 12.4. The summed E-state index contributed by atoms with van der Waals surface area (Å²) in [4.78, 5) is 0. The van der Waals surface area contributed by atoms with E-state index >= 15 is 0 Å². The summed E-state index contributed by atoms with van der Waals surface area (Å²) in [5, 5.41) is 0. The number of nitrogens with two attached hydrogens (primary N) is 4. The van der Waals surface area contributed by atoms with Crippen LogP contribution in [0.2, 0.25) is 0 Å². The van der Waals surface area contributed by atoms with Gasteiger partial charge in [-0.05, 0) is 0 Å². The summed E-state index contributed by atoms with van der Waals surface area (Å²) in [5.74, 6) is -5.98. The average molecular weight is 485 g/mol. The zero-order chi connectivity index (χ0) is 14.3. The molecule has 0 amide bonds. The first-order valence-electron chi connectivity index (χ1n) is 4.08. The van der Waals surface area contributed by atoms with Gasteiger partial charge in [0, 0.05) is 0 Å². The third-order valence-electron chi connectivity index (χ3n) is 1.40. The molecule has 1 unspecified atom stereocenters. The van der Waals surface area contributed by atoms with E-state index in [2.05, 4.69) is 11.5 Å². The number of hydrogen-bond acceptors (Lipinski definition) is 4. The number of halogens is 6. The topological polar surface area (TPSA) is 104 Å². The van der Waals surface area contributed by atoms with Crippen LogP contribution >= 0.6 is 18.8 Å². The molecule has 11 heteroatoms. The number of alkyl halides is 4. The van der Waals surface area contributed by atoms with Crippen LogP contribution in [0.1, 0.15) is 0 Å². The van der Waals surface area contributed by atoms with Crippen molar-refractivity contribution >= 4 is 18.8 Å². The van der Waals surface area contributed by atoms with E-state index in [-0.39, 0.29) is 0 Å². The first-order valence-corrected chi connectivity index (χ1v) is 11.0. The van der Waals surface area contributed by atoms with Crippen molar-refractivity contribution < 1.29 is 32.8 Å². The molecule has 8 N–H and O–H groups in total. The van der Waals surface area contributed by atoms with Crippen LogP contribution < -0.4 is 22.9 Å². The second-order valence-electron chi connectivity index (χ2n) is 2.78. The predicted molar refractivity (Wildman–Crippen MR) is 56.7 cm³/mol. The average Bonchev–Trinajstić information content (AvgIpc) is 2.28. The van der Waals surface area contributed by atoms with Crippen molar-refractivity contribution in [3.05, 3.63) is 0 Å². The van der Waals surface area contributed by atoms with Gasteiger partial charge in [-0.1, -0.05) is 0 Å². The fraction of sp³-hybridized carbons (Fsp3) is 1.00. The standard InChI is InChI=1S/C3H8F2N2.C3H7F2N2.2ClH.Pt/c2*4-3(5,1-6)2-7;;;/h1-2,6-7H2;1H,2,6-7H2;2*1H;/q;;;;+2/p-2. The van der Waals surface area contributed by atoms with Crippen LogP contribution in [-0.2, 0) is 15.2 Å². The Kier molecular flexibility index (Phi) is 10.5. The molecule has 0 fully saturated rings. The van der Waals surface area contributed by atoms with E-state index in [0.717, 1.165) is 0 Å². The van der Waals surface area contributed by atoms with Gasteiger partial charge in [-0.25, -0.2) is 8.78 Å². The van der Waals surface area contributed by atoms with Gasteiger partial charge in [-0.3, -0.25) is 0 Å². The Balaban J connectivity index is 0. The maximum atomic E-state index is 12.4. The van der Waals surface area contributed by atoms with Gasteiger partial charge in [0.25, 0.3) is 5.92 Å². The molecule has 0 spiro atoms. The van der Waals surface area contributed by atoms with Crippen LogP contribution in [0.25, 0.3) is 0 Å². The van der Waals surface area contributed by atoms with E-state index in [0.29, 0.717) is 0 Å². The first-order chi connectivity index (χ1) is 7.54. The van der Waals surface area contributed by atoms with Gasteiger partial charge in [0.1, 0.15) is 0 Å². The molecule has 0 aliphatic heterocycles. The third-order valence-corrected chi connectivity index (χ3v) is 5.86. The summed E-state index contributed by atoms with van der Waals surface area (Å²) in [5.41, 5.74) is 18.9. The maximum absolute atomic E-state index is 12.4. The van der Waals surface area contributed by atoms with Gasteiger partial charge in [0.05, 0.1) is 13.1 Å². The molecule has 0 saturated carbocycles. The van der Waals surface area contributed by atoms with E-state index in [1.807, 2.05) is 0 Å². The SMILES string of the molecule is NCC(F)(F)CN.NCC(F)(F)[CH](N)[Pt]([Cl])[Cl]. The third kappa shape index (κ3) is 9.41. The molecular formula is C6H15Cl2F4N4Pt. The Morgan fingerprint density at radius 3 is 1.35 bits per heavy atom. The van der Waals surface area contributed by atoms with Crippen molar-refractivity contribution in [3.8, 4) is 0 Å². The molecule has 1 atom stereocenters. The van der Waals surface area contributed by atoms with Gasteiger partial charge in [-0.15, -0.1) is 0 Å². The summed E-state index contributed by atoms with van der Waals surface area (Å²) in [6.45, 7) is -2.13. The van der Waals surface area contributed by atoms with Gasteiger partial charge in [-0.2, -0.15) is 0 Å². The number of hydrogen-bond donors (Lipinski definition) is 4. The van der Waals surface area contributed by atoms with Crippen LogP contribution in [0.4, 0.5) is 17.6 Å². The molecule has 111 valence electrons. The zero-order valence-electron chi connectivity index (χ0n) is 8.59. The van der Waals surface area contributed by atoms with Crippen molar-refractivity contribution in [2.45, 2.75) is 16.3 Å². The molecule has 0 bridgehead atoms. The Morgan fingerprint density at radius 2 is 1.29 bits per heavy atom. The van der Waals surface area contributed by atoms with E-state index in [1.54, 1.807) is 0 Å². The second-order valence-corrected chi connectivity index (χ2v) is 10.7. The molecule has 0 rings (SSSR count). The molecule has 0 radical (unpaired) electrons. The minimum atomic E-state index is -3.12. The summed E-state index contributed by atoms with van der Waals surface area (Å²) in [6.07, 6.45) is 0. The molecule has 0 aromatic heterocycles. The van der Waals surface area contributed by atoms with Crippen LogP contribution in [0.5, 0.6) is 0 Å². The summed E-state index contributed by atoms with van der Waals surface area (Å²) >= 11 is -2.68. The Hall–Kier alpha value is 0.828.